The minimum Gasteiger partial charge on any atom is -0.384 e. The van der Waals surface area contributed by atoms with E-state index < -0.39 is 13.7 Å². The number of aromatic nitrogens is 6. The summed E-state index contributed by atoms with van der Waals surface area (Å²) in [6, 6.07) is 56.1. The highest BCUT2D eigenvalue weighted by atomic mass is 15.0. The van der Waals surface area contributed by atoms with Crippen molar-refractivity contribution in [2.75, 3.05) is 0 Å². The molecule has 0 saturated heterocycles. The first kappa shape index (κ1) is 39.4. The Morgan fingerprint density at radius 1 is 0.565 bits per heavy atom. The lowest BCUT2D eigenvalue weighted by molar-refractivity contribution is 0.809. The van der Waals surface area contributed by atoms with E-state index >= 15 is 0 Å². The van der Waals surface area contributed by atoms with Crippen molar-refractivity contribution in [2.45, 2.75) is 26.7 Å². The van der Waals surface area contributed by atoms with Gasteiger partial charge in [-0.2, -0.15) is 5.26 Å². The van der Waals surface area contributed by atoms with E-state index in [1.807, 2.05) is 30.3 Å². The molecule has 294 valence electrons. The second kappa shape index (κ2) is 17.3. The average Bonchev–Trinajstić information content (AvgIpc) is 3.82. The molecule has 62 heavy (non-hydrogen) atoms. The van der Waals surface area contributed by atoms with E-state index in [2.05, 4.69) is 156 Å². The zero-order valence-electron chi connectivity index (χ0n) is 34.6. The van der Waals surface area contributed by atoms with Crippen LogP contribution in [0.4, 0.5) is 0 Å². The second-order valence-corrected chi connectivity index (χ2v) is 15.4. The van der Waals surface area contributed by atoms with E-state index in [4.69, 9.17) is 26.5 Å². The van der Waals surface area contributed by atoms with E-state index in [9.17, 15) is 5.26 Å². The van der Waals surface area contributed by atoms with Crippen LogP contribution >= 0.6 is 0 Å². The third-order valence-electron chi connectivity index (χ3n) is 11.4. The highest BCUT2D eigenvalue weighted by Gasteiger charge is 2.37. The molecular formula is C52H40B2N8. The molecule has 9 rings (SSSR count). The quantitative estimate of drug-likeness (QED) is 0.121. The summed E-state index contributed by atoms with van der Waals surface area (Å²) in [7, 11) is 0. The van der Waals surface area contributed by atoms with Crippen LogP contribution in [-0.2, 0) is 0 Å². The fourth-order valence-electron chi connectivity index (χ4n) is 8.89. The summed E-state index contributed by atoms with van der Waals surface area (Å²) in [5.74, 6) is 0.480. The summed E-state index contributed by atoms with van der Waals surface area (Å²) in [4.78, 5) is 23.4. The van der Waals surface area contributed by atoms with Gasteiger partial charge in [-0.1, -0.05) is 181 Å². The standard InChI is InChI=1S/C52H40B2N8/c1-36(2)47-44-45(49(43(35-55)51-57-31-19-32-58-51)61(47)53(38-22-9-5-10-23-38)39-24-11-6-12-25-39)48(42-30-18-17-21-37(42)3)62(50(44)46(56-4)52-59-33-20-34-60-52)54(40-26-13-7-14-27-40)41-28-15-8-16-29-41/h5-34,36H,1-3H3/b49-43-,50-46+. The number of hydrogen-bond donors (Lipinski definition) is 0. The number of benzene rings is 5. The van der Waals surface area contributed by atoms with Crippen molar-refractivity contribution >= 4 is 57.6 Å². The minimum absolute atomic E-state index is 0.132. The van der Waals surface area contributed by atoms with E-state index in [-0.39, 0.29) is 5.92 Å². The molecule has 0 N–H and O–H groups in total. The van der Waals surface area contributed by atoms with Crippen LogP contribution in [0.25, 0.3) is 38.1 Å². The summed E-state index contributed by atoms with van der Waals surface area (Å²) in [6.45, 7) is 14.7. The van der Waals surface area contributed by atoms with Crippen LogP contribution in [0.2, 0.25) is 0 Å². The molecule has 10 heteroatoms. The van der Waals surface area contributed by atoms with Gasteiger partial charge in [-0.05, 0) is 30.5 Å². The van der Waals surface area contributed by atoms with Crippen molar-refractivity contribution in [3.8, 4) is 17.3 Å². The Labute approximate surface area is 361 Å². The van der Waals surface area contributed by atoms with Crippen molar-refractivity contribution in [3.05, 3.63) is 228 Å². The van der Waals surface area contributed by atoms with Crippen LogP contribution in [0.1, 0.15) is 42.7 Å². The zero-order valence-corrected chi connectivity index (χ0v) is 34.6. The molecule has 0 radical (unpaired) electrons. The van der Waals surface area contributed by atoms with Gasteiger partial charge in [0.25, 0.3) is 5.70 Å². The molecule has 0 aliphatic heterocycles. The highest BCUT2D eigenvalue weighted by molar-refractivity contribution is 6.85. The lowest BCUT2D eigenvalue weighted by Crippen LogP contribution is -2.54. The fourth-order valence-corrected chi connectivity index (χ4v) is 8.89. The van der Waals surface area contributed by atoms with Gasteiger partial charge in [-0.3, -0.25) is 0 Å². The van der Waals surface area contributed by atoms with Gasteiger partial charge in [-0.15, -0.1) is 0 Å². The molecular weight excluding hydrogens is 758 g/mol. The van der Waals surface area contributed by atoms with Crippen LogP contribution in [0.3, 0.4) is 0 Å². The number of nitrogens with zero attached hydrogens (tertiary/aromatic N) is 8. The maximum atomic E-state index is 11.6. The maximum absolute atomic E-state index is 11.6. The Kier molecular flexibility index (Phi) is 11.0. The Balaban J connectivity index is 1.69. The molecule has 0 amide bonds. The van der Waals surface area contributed by atoms with Crippen molar-refractivity contribution in [3.63, 3.8) is 0 Å². The van der Waals surface area contributed by atoms with E-state index in [1.54, 1.807) is 36.9 Å². The summed E-state index contributed by atoms with van der Waals surface area (Å²) in [5, 5.41) is 14.6. The molecule has 0 atom stereocenters. The Morgan fingerprint density at radius 2 is 1.00 bits per heavy atom. The van der Waals surface area contributed by atoms with E-state index in [0.717, 1.165) is 55.1 Å². The molecule has 0 aliphatic rings. The second-order valence-electron chi connectivity index (χ2n) is 15.4. The SMILES string of the molecule is [C-]#[N+]/C(c1ncccn1)=c1\c2c(C(C)C)n(B(c3ccccc3)c3ccccc3)/c(=C(/C#N)c3ncccn3)c2c(-c2ccccc2C)n1B(c1ccccc1)c1ccccc1. The number of aryl methyl sites for hydroxylation is 1. The largest absolute Gasteiger partial charge is 0.384 e. The zero-order chi connectivity index (χ0) is 42.6. The van der Waals surface area contributed by atoms with Crippen molar-refractivity contribution < 1.29 is 0 Å². The Bertz CT molecular complexity index is 3090. The predicted molar refractivity (Wildman–Crippen MR) is 251 cm³/mol. The number of nitriles is 1. The molecule has 5 aromatic carbocycles. The van der Waals surface area contributed by atoms with Gasteiger partial charge in [0, 0.05) is 57.9 Å². The van der Waals surface area contributed by atoms with Crippen LogP contribution in [0, 0.1) is 24.8 Å². The average molecular weight is 799 g/mol. The van der Waals surface area contributed by atoms with Gasteiger partial charge in [0.15, 0.2) is 11.6 Å². The third-order valence-corrected chi connectivity index (χ3v) is 11.4. The predicted octanol–water partition coefficient (Wildman–Crippen LogP) is 6.23. The highest BCUT2D eigenvalue weighted by Crippen LogP contribution is 2.35. The molecule has 0 saturated carbocycles. The first-order valence-corrected chi connectivity index (χ1v) is 20.7. The maximum Gasteiger partial charge on any atom is 0.327 e. The van der Waals surface area contributed by atoms with E-state index in [0.29, 0.717) is 33.6 Å². The van der Waals surface area contributed by atoms with Gasteiger partial charge in [0.1, 0.15) is 11.6 Å². The molecule has 0 unspecified atom stereocenters. The number of fused-ring (bicyclic) bond motifs is 1. The van der Waals surface area contributed by atoms with Gasteiger partial charge in [-0.25, -0.2) is 24.8 Å². The fraction of sp³-hybridized carbons (Fsp3) is 0.0769. The van der Waals surface area contributed by atoms with Crippen molar-refractivity contribution in [2.24, 2.45) is 0 Å². The third kappa shape index (κ3) is 6.98. The molecule has 0 bridgehead atoms. The van der Waals surface area contributed by atoms with E-state index in [1.165, 1.54) is 0 Å². The van der Waals surface area contributed by atoms with Gasteiger partial charge < -0.3 is 8.96 Å². The lowest BCUT2D eigenvalue weighted by Gasteiger charge is -2.25. The normalized spacial score (nSPS) is 12.1. The van der Waals surface area contributed by atoms with Crippen LogP contribution in [0.15, 0.2) is 183 Å². The smallest absolute Gasteiger partial charge is 0.327 e. The summed E-state index contributed by atoms with van der Waals surface area (Å²) in [6.07, 6.45) is 6.72. The molecule has 4 aromatic heterocycles. The van der Waals surface area contributed by atoms with Crippen LogP contribution in [0.5, 0.6) is 0 Å². The topological polar surface area (TPSA) is 89.6 Å². The van der Waals surface area contributed by atoms with Gasteiger partial charge >= 0.3 is 13.7 Å². The summed E-state index contributed by atoms with van der Waals surface area (Å²) >= 11 is 0. The molecule has 8 nitrogen and oxygen atoms in total. The molecule has 4 heterocycles. The summed E-state index contributed by atoms with van der Waals surface area (Å²) in [5.41, 5.74) is 8.49. The lowest BCUT2D eigenvalue weighted by atomic mass is 9.50. The first-order valence-electron chi connectivity index (χ1n) is 20.7. The monoisotopic (exact) mass is 798 g/mol. The minimum atomic E-state index is -0.436. The van der Waals surface area contributed by atoms with Gasteiger partial charge in [0.2, 0.25) is 0 Å². The molecule has 0 aliphatic carbocycles. The molecule has 0 fully saturated rings. The number of rotatable bonds is 10. The van der Waals surface area contributed by atoms with Gasteiger partial charge in [0.05, 0.1) is 11.9 Å². The molecule has 9 aromatic rings. The van der Waals surface area contributed by atoms with Crippen molar-refractivity contribution in [1.82, 2.24) is 28.9 Å². The Morgan fingerprint density at radius 3 is 1.44 bits per heavy atom. The molecule has 0 spiro atoms. The first-order chi connectivity index (χ1) is 30.5. The van der Waals surface area contributed by atoms with Crippen LogP contribution in [-0.4, -0.2) is 42.6 Å². The Hall–Kier alpha value is -8.07. The van der Waals surface area contributed by atoms with Crippen LogP contribution < -0.4 is 32.5 Å². The number of hydrogen-bond acceptors (Lipinski definition) is 5. The van der Waals surface area contributed by atoms with Crippen molar-refractivity contribution in [1.29, 1.82) is 5.26 Å². The summed E-state index contributed by atoms with van der Waals surface area (Å²) < 4.78 is 4.65.